The second-order valence-electron chi connectivity index (χ2n) is 5.28. The number of hydrogen-bond donors (Lipinski definition) is 2. The fraction of sp³-hybridized carbons (Fsp3) is 0.533. The van der Waals surface area contributed by atoms with Crippen molar-refractivity contribution >= 4 is 5.91 Å². The Morgan fingerprint density at radius 3 is 2.68 bits per heavy atom. The molecule has 1 saturated carbocycles. The van der Waals surface area contributed by atoms with E-state index in [2.05, 4.69) is 17.6 Å². The van der Waals surface area contributed by atoms with Crippen LogP contribution in [0.25, 0.3) is 0 Å². The molecule has 1 aromatic carbocycles. The maximum Gasteiger partial charge on any atom is 0.221 e. The number of amides is 1. The molecule has 0 aliphatic heterocycles. The van der Waals surface area contributed by atoms with Crippen LogP contribution in [-0.4, -0.2) is 24.5 Å². The summed E-state index contributed by atoms with van der Waals surface area (Å²) in [6.45, 7) is 2.75. The predicted octanol–water partition coefficient (Wildman–Crippen LogP) is 2.01. The number of nitrogens with one attached hydrogen (secondary N) is 2. The second-order valence-corrected chi connectivity index (χ2v) is 5.28. The summed E-state index contributed by atoms with van der Waals surface area (Å²) in [5, 5.41) is 6.28. The molecule has 2 rings (SSSR count). The van der Waals surface area contributed by atoms with E-state index in [-0.39, 0.29) is 17.8 Å². The van der Waals surface area contributed by atoms with Crippen LogP contribution < -0.4 is 10.6 Å². The fourth-order valence-corrected chi connectivity index (χ4v) is 2.01. The molecule has 1 aliphatic rings. The van der Waals surface area contributed by atoms with Gasteiger partial charge in [-0.05, 0) is 43.9 Å². The third-order valence-electron chi connectivity index (χ3n) is 3.24. The van der Waals surface area contributed by atoms with Gasteiger partial charge < -0.3 is 10.6 Å². The topological polar surface area (TPSA) is 41.1 Å². The standard InChI is InChI=1S/C15H21FN2O/c1-11(10-12-2-4-13(16)5-3-12)17-9-8-15(19)18-14-6-7-14/h2-5,11,14,17H,6-10H2,1H3,(H,18,19). The van der Waals surface area contributed by atoms with Crippen LogP contribution in [0.2, 0.25) is 0 Å². The smallest absolute Gasteiger partial charge is 0.221 e. The quantitative estimate of drug-likeness (QED) is 0.791. The van der Waals surface area contributed by atoms with Crippen molar-refractivity contribution in [2.24, 2.45) is 0 Å². The Morgan fingerprint density at radius 1 is 1.37 bits per heavy atom. The normalized spacial score (nSPS) is 16.1. The number of halogens is 1. The highest BCUT2D eigenvalue weighted by Crippen LogP contribution is 2.18. The molecule has 0 aromatic heterocycles. The van der Waals surface area contributed by atoms with E-state index in [1.807, 2.05) is 0 Å². The summed E-state index contributed by atoms with van der Waals surface area (Å²) in [5.41, 5.74) is 1.10. The summed E-state index contributed by atoms with van der Waals surface area (Å²) >= 11 is 0. The van der Waals surface area contributed by atoms with E-state index >= 15 is 0 Å². The highest BCUT2D eigenvalue weighted by atomic mass is 19.1. The molecule has 0 saturated heterocycles. The minimum absolute atomic E-state index is 0.129. The van der Waals surface area contributed by atoms with Crippen LogP contribution >= 0.6 is 0 Å². The van der Waals surface area contributed by atoms with Crippen molar-refractivity contribution in [2.75, 3.05) is 6.54 Å². The van der Waals surface area contributed by atoms with Gasteiger partial charge in [-0.15, -0.1) is 0 Å². The Labute approximate surface area is 113 Å². The van der Waals surface area contributed by atoms with Crippen molar-refractivity contribution in [1.29, 1.82) is 0 Å². The lowest BCUT2D eigenvalue weighted by Crippen LogP contribution is -2.33. The van der Waals surface area contributed by atoms with Crippen molar-refractivity contribution in [3.05, 3.63) is 35.6 Å². The van der Waals surface area contributed by atoms with E-state index in [4.69, 9.17) is 0 Å². The lowest BCUT2D eigenvalue weighted by molar-refractivity contribution is -0.121. The van der Waals surface area contributed by atoms with Gasteiger partial charge in [-0.2, -0.15) is 0 Å². The van der Waals surface area contributed by atoms with Gasteiger partial charge in [-0.25, -0.2) is 4.39 Å². The predicted molar refractivity (Wildman–Crippen MR) is 73.4 cm³/mol. The Hall–Kier alpha value is -1.42. The first-order valence-electron chi connectivity index (χ1n) is 6.90. The zero-order chi connectivity index (χ0) is 13.7. The van der Waals surface area contributed by atoms with Gasteiger partial charge in [0.05, 0.1) is 0 Å². The van der Waals surface area contributed by atoms with Gasteiger partial charge in [0.25, 0.3) is 0 Å². The van der Waals surface area contributed by atoms with E-state index in [0.29, 0.717) is 19.0 Å². The van der Waals surface area contributed by atoms with Crippen molar-refractivity contribution < 1.29 is 9.18 Å². The van der Waals surface area contributed by atoms with Crippen LogP contribution in [0.1, 0.15) is 31.7 Å². The summed E-state index contributed by atoms with van der Waals surface area (Å²) in [5.74, 6) is -0.0786. The van der Waals surface area contributed by atoms with Gasteiger partial charge in [-0.3, -0.25) is 4.79 Å². The molecule has 0 heterocycles. The van der Waals surface area contributed by atoms with Gasteiger partial charge in [0.1, 0.15) is 5.82 Å². The highest BCUT2D eigenvalue weighted by molar-refractivity contribution is 5.76. The Bertz CT molecular complexity index is 415. The molecule has 1 amide bonds. The molecule has 0 spiro atoms. The largest absolute Gasteiger partial charge is 0.353 e. The van der Waals surface area contributed by atoms with E-state index < -0.39 is 0 Å². The molecule has 1 aromatic rings. The average Bonchev–Trinajstić information content (AvgIpc) is 3.16. The lowest BCUT2D eigenvalue weighted by atomic mass is 10.1. The van der Waals surface area contributed by atoms with Gasteiger partial charge in [0.2, 0.25) is 5.91 Å². The molecular weight excluding hydrogens is 243 g/mol. The third kappa shape index (κ3) is 5.39. The third-order valence-corrected chi connectivity index (χ3v) is 3.24. The van der Waals surface area contributed by atoms with Crippen LogP contribution in [0.3, 0.4) is 0 Å². The van der Waals surface area contributed by atoms with Crippen LogP contribution in [0, 0.1) is 5.82 Å². The van der Waals surface area contributed by atoms with Gasteiger partial charge in [0, 0.05) is 25.0 Å². The van der Waals surface area contributed by atoms with Crippen molar-refractivity contribution in [3.8, 4) is 0 Å². The minimum atomic E-state index is -0.207. The first-order chi connectivity index (χ1) is 9.13. The molecule has 19 heavy (non-hydrogen) atoms. The van der Waals surface area contributed by atoms with Gasteiger partial charge in [-0.1, -0.05) is 12.1 Å². The summed E-state index contributed by atoms with van der Waals surface area (Å²) < 4.78 is 12.8. The van der Waals surface area contributed by atoms with Gasteiger partial charge in [0.15, 0.2) is 0 Å². The van der Waals surface area contributed by atoms with E-state index in [0.717, 1.165) is 24.8 Å². The van der Waals surface area contributed by atoms with Crippen molar-refractivity contribution in [2.45, 2.75) is 44.7 Å². The summed E-state index contributed by atoms with van der Waals surface area (Å²) in [7, 11) is 0. The molecule has 104 valence electrons. The Balaban J connectivity index is 1.62. The molecule has 1 aliphatic carbocycles. The second kappa shape index (κ2) is 6.66. The van der Waals surface area contributed by atoms with Crippen LogP contribution in [0.15, 0.2) is 24.3 Å². The van der Waals surface area contributed by atoms with E-state index in [1.54, 1.807) is 12.1 Å². The van der Waals surface area contributed by atoms with Crippen LogP contribution in [0.5, 0.6) is 0 Å². The molecular formula is C15H21FN2O. The van der Waals surface area contributed by atoms with Crippen LogP contribution in [0.4, 0.5) is 4.39 Å². The fourth-order valence-electron chi connectivity index (χ4n) is 2.01. The van der Waals surface area contributed by atoms with Crippen molar-refractivity contribution in [3.63, 3.8) is 0 Å². The first-order valence-corrected chi connectivity index (χ1v) is 6.90. The number of benzene rings is 1. The zero-order valence-electron chi connectivity index (χ0n) is 11.3. The maximum absolute atomic E-state index is 12.8. The number of carbonyl (C=O) groups is 1. The maximum atomic E-state index is 12.8. The molecule has 1 unspecified atom stereocenters. The van der Waals surface area contributed by atoms with Crippen molar-refractivity contribution in [1.82, 2.24) is 10.6 Å². The lowest BCUT2D eigenvalue weighted by Gasteiger charge is -2.13. The SMILES string of the molecule is CC(Cc1ccc(F)cc1)NCCC(=O)NC1CC1. The number of carbonyl (C=O) groups excluding carboxylic acids is 1. The van der Waals surface area contributed by atoms with Gasteiger partial charge >= 0.3 is 0 Å². The monoisotopic (exact) mass is 264 g/mol. The Morgan fingerprint density at radius 2 is 2.05 bits per heavy atom. The highest BCUT2D eigenvalue weighted by Gasteiger charge is 2.22. The zero-order valence-corrected chi connectivity index (χ0v) is 11.3. The molecule has 0 radical (unpaired) electrons. The molecule has 3 nitrogen and oxygen atoms in total. The molecule has 1 fully saturated rings. The first kappa shape index (κ1) is 14.0. The summed E-state index contributed by atoms with van der Waals surface area (Å²) in [4.78, 5) is 11.5. The Kier molecular flexibility index (Phi) is 4.91. The molecule has 4 heteroatoms. The number of rotatable bonds is 7. The summed E-state index contributed by atoms with van der Waals surface area (Å²) in [6, 6.07) is 7.26. The van der Waals surface area contributed by atoms with E-state index in [1.165, 1.54) is 12.1 Å². The summed E-state index contributed by atoms with van der Waals surface area (Å²) in [6.07, 6.45) is 3.61. The van der Waals surface area contributed by atoms with Crippen LogP contribution in [-0.2, 0) is 11.2 Å². The molecule has 1 atom stereocenters. The average molecular weight is 264 g/mol. The van der Waals surface area contributed by atoms with E-state index in [9.17, 15) is 9.18 Å². The minimum Gasteiger partial charge on any atom is -0.353 e. The molecule has 2 N–H and O–H groups in total. The molecule has 0 bridgehead atoms. The number of hydrogen-bond acceptors (Lipinski definition) is 2.